The van der Waals surface area contributed by atoms with Gasteiger partial charge in [0.1, 0.15) is 18.1 Å². The smallest absolute Gasteiger partial charge is 0.291 e. The minimum Gasteiger partial charge on any atom is -0.486 e. The Balaban J connectivity index is 1.35. The van der Waals surface area contributed by atoms with Crippen molar-refractivity contribution < 1.29 is 18.7 Å². The maximum atomic E-state index is 12.4. The number of anilines is 1. The van der Waals surface area contributed by atoms with E-state index in [1.165, 1.54) is 0 Å². The summed E-state index contributed by atoms with van der Waals surface area (Å²) >= 11 is 0. The van der Waals surface area contributed by atoms with Crippen molar-refractivity contribution in [2.45, 2.75) is 13.0 Å². The van der Waals surface area contributed by atoms with Gasteiger partial charge in [-0.15, -0.1) is 0 Å². The van der Waals surface area contributed by atoms with Crippen LogP contribution in [-0.2, 0) is 17.8 Å². The van der Waals surface area contributed by atoms with Crippen LogP contribution in [0.5, 0.6) is 5.75 Å². The van der Waals surface area contributed by atoms with Gasteiger partial charge in [0.2, 0.25) is 5.91 Å². The lowest BCUT2D eigenvalue weighted by molar-refractivity contribution is -0.117. The molecule has 6 heteroatoms. The first-order valence-corrected chi connectivity index (χ1v) is 9.46. The number of hydrogen-bond donors (Lipinski definition) is 2. The van der Waals surface area contributed by atoms with Crippen molar-refractivity contribution in [3.63, 3.8) is 0 Å². The maximum absolute atomic E-state index is 12.4. The van der Waals surface area contributed by atoms with E-state index in [0.29, 0.717) is 11.4 Å². The van der Waals surface area contributed by atoms with Crippen molar-refractivity contribution in [2.75, 3.05) is 5.32 Å². The predicted octanol–water partition coefficient (Wildman–Crippen LogP) is 4.29. The normalized spacial score (nSPS) is 10.7. The maximum Gasteiger partial charge on any atom is 0.291 e. The number of nitrogens with one attached hydrogen (secondary N) is 1. The van der Waals surface area contributed by atoms with Gasteiger partial charge in [-0.2, -0.15) is 0 Å². The van der Waals surface area contributed by atoms with Crippen LogP contribution in [0, 0.1) is 0 Å². The number of carbonyl (C=O) groups excluding carboxylic acids is 2. The molecule has 0 aliphatic carbocycles. The molecule has 0 saturated carbocycles. The highest BCUT2D eigenvalue weighted by Crippen LogP contribution is 2.22. The lowest BCUT2D eigenvalue weighted by Crippen LogP contribution is -2.14. The zero-order valence-corrected chi connectivity index (χ0v) is 16.1. The fourth-order valence-corrected chi connectivity index (χ4v) is 3.09. The van der Waals surface area contributed by atoms with Crippen LogP contribution in [-0.4, -0.2) is 11.8 Å². The molecule has 0 unspecified atom stereocenters. The Morgan fingerprint density at radius 3 is 2.43 bits per heavy atom. The van der Waals surface area contributed by atoms with E-state index < -0.39 is 5.91 Å². The molecule has 0 bridgehead atoms. The molecule has 2 amide bonds. The third-order valence-electron chi connectivity index (χ3n) is 4.58. The van der Waals surface area contributed by atoms with Crippen molar-refractivity contribution in [1.29, 1.82) is 0 Å². The number of nitrogens with two attached hydrogens (primary N) is 1. The van der Waals surface area contributed by atoms with Gasteiger partial charge >= 0.3 is 0 Å². The zero-order valence-electron chi connectivity index (χ0n) is 16.1. The number of amides is 2. The molecule has 0 saturated heterocycles. The van der Waals surface area contributed by atoms with Crippen molar-refractivity contribution in [2.24, 2.45) is 5.73 Å². The van der Waals surface area contributed by atoms with Crippen LogP contribution in [0.25, 0.3) is 10.8 Å². The fourth-order valence-electron chi connectivity index (χ4n) is 3.09. The number of fused-ring (bicyclic) bond motifs is 1. The molecule has 4 aromatic rings. The van der Waals surface area contributed by atoms with E-state index in [-0.39, 0.29) is 24.7 Å². The van der Waals surface area contributed by atoms with Crippen LogP contribution >= 0.6 is 0 Å². The molecular weight excluding hydrogens is 380 g/mol. The summed E-state index contributed by atoms with van der Waals surface area (Å²) < 4.78 is 11.4. The van der Waals surface area contributed by atoms with Crippen LogP contribution in [0.3, 0.4) is 0 Å². The molecule has 150 valence electrons. The molecule has 1 aromatic heterocycles. The highest BCUT2D eigenvalue weighted by atomic mass is 16.5. The Morgan fingerprint density at radius 2 is 1.67 bits per heavy atom. The standard InChI is InChI=1S/C24H20N2O4/c25-23(27)13-16-5-8-19(9-6-16)26-24(28)22-12-11-21(30-22)15-29-20-10-7-17-3-1-2-4-18(17)14-20/h1-12,14H,13,15H2,(H2,25,27)(H,26,28). The summed E-state index contributed by atoms with van der Waals surface area (Å²) in [4.78, 5) is 23.3. The molecule has 3 aromatic carbocycles. The third kappa shape index (κ3) is 4.67. The second kappa shape index (κ2) is 8.53. The number of primary amides is 1. The fraction of sp³-hybridized carbons (Fsp3) is 0.0833. The van der Waals surface area contributed by atoms with Gasteiger partial charge in [-0.25, -0.2) is 0 Å². The molecule has 4 rings (SSSR count). The second-order valence-electron chi connectivity index (χ2n) is 6.86. The average molecular weight is 400 g/mol. The molecule has 0 radical (unpaired) electrons. The quantitative estimate of drug-likeness (QED) is 0.484. The highest BCUT2D eigenvalue weighted by molar-refractivity contribution is 6.02. The Hall–Kier alpha value is -4.06. The summed E-state index contributed by atoms with van der Waals surface area (Å²) in [6, 6.07) is 24.1. The topological polar surface area (TPSA) is 94.6 Å². The van der Waals surface area contributed by atoms with E-state index in [2.05, 4.69) is 5.32 Å². The highest BCUT2D eigenvalue weighted by Gasteiger charge is 2.12. The first-order valence-electron chi connectivity index (χ1n) is 9.46. The Bertz CT molecular complexity index is 1200. The number of benzene rings is 3. The first kappa shape index (κ1) is 19.3. The zero-order chi connectivity index (χ0) is 20.9. The van der Waals surface area contributed by atoms with E-state index in [0.717, 1.165) is 22.1 Å². The van der Waals surface area contributed by atoms with Crippen molar-refractivity contribution in [3.05, 3.63) is 95.9 Å². The molecule has 0 atom stereocenters. The minimum atomic E-state index is -0.402. The van der Waals surface area contributed by atoms with Crippen LogP contribution in [0.1, 0.15) is 21.9 Å². The summed E-state index contributed by atoms with van der Waals surface area (Å²) in [5.74, 6) is 0.695. The molecule has 1 heterocycles. The average Bonchev–Trinajstić information content (AvgIpc) is 3.22. The van der Waals surface area contributed by atoms with Crippen molar-refractivity contribution >= 4 is 28.3 Å². The van der Waals surface area contributed by atoms with Crippen molar-refractivity contribution in [3.8, 4) is 5.75 Å². The summed E-state index contributed by atoms with van der Waals surface area (Å²) in [5, 5.41) is 4.99. The molecular formula is C24H20N2O4. The van der Waals surface area contributed by atoms with Gasteiger partial charge in [-0.05, 0) is 52.7 Å². The van der Waals surface area contributed by atoms with Gasteiger partial charge in [0.15, 0.2) is 5.76 Å². The van der Waals surface area contributed by atoms with Crippen LogP contribution in [0.15, 0.2) is 83.3 Å². The van der Waals surface area contributed by atoms with Gasteiger partial charge < -0.3 is 20.2 Å². The molecule has 0 fully saturated rings. The summed E-state index contributed by atoms with van der Waals surface area (Å²) in [7, 11) is 0. The Morgan fingerprint density at radius 1 is 0.900 bits per heavy atom. The number of hydrogen-bond acceptors (Lipinski definition) is 4. The van der Waals surface area contributed by atoms with Gasteiger partial charge in [-0.1, -0.05) is 42.5 Å². The van der Waals surface area contributed by atoms with E-state index in [9.17, 15) is 9.59 Å². The monoisotopic (exact) mass is 400 g/mol. The lowest BCUT2D eigenvalue weighted by Gasteiger charge is -2.06. The summed E-state index contributed by atoms with van der Waals surface area (Å²) in [6.07, 6.45) is 0.160. The van der Waals surface area contributed by atoms with Gasteiger partial charge in [-0.3, -0.25) is 9.59 Å². The lowest BCUT2D eigenvalue weighted by atomic mass is 10.1. The van der Waals surface area contributed by atoms with Crippen molar-refractivity contribution in [1.82, 2.24) is 0 Å². The van der Waals surface area contributed by atoms with Crippen LogP contribution in [0.4, 0.5) is 5.69 Å². The molecule has 0 aliphatic heterocycles. The minimum absolute atomic E-state index is 0.160. The Kier molecular flexibility index (Phi) is 5.48. The van der Waals surface area contributed by atoms with Gasteiger partial charge in [0.25, 0.3) is 5.91 Å². The molecule has 0 aliphatic rings. The predicted molar refractivity (Wildman–Crippen MR) is 114 cm³/mol. The van der Waals surface area contributed by atoms with E-state index in [4.69, 9.17) is 14.9 Å². The van der Waals surface area contributed by atoms with Crippen LogP contribution in [0.2, 0.25) is 0 Å². The van der Waals surface area contributed by atoms with Gasteiger partial charge in [0, 0.05) is 5.69 Å². The third-order valence-corrected chi connectivity index (χ3v) is 4.58. The largest absolute Gasteiger partial charge is 0.486 e. The number of ether oxygens (including phenoxy) is 1. The number of carbonyl (C=O) groups is 2. The Labute approximate surface area is 173 Å². The summed E-state index contributed by atoms with van der Waals surface area (Å²) in [6.45, 7) is 0.216. The molecule has 30 heavy (non-hydrogen) atoms. The van der Waals surface area contributed by atoms with E-state index >= 15 is 0 Å². The molecule has 0 spiro atoms. The first-order chi connectivity index (χ1) is 14.6. The van der Waals surface area contributed by atoms with E-state index in [1.807, 2.05) is 42.5 Å². The van der Waals surface area contributed by atoms with Gasteiger partial charge in [0.05, 0.1) is 6.42 Å². The second-order valence-corrected chi connectivity index (χ2v) is 6.86. The van der Waals surface area contributed by atoms with E-state index in [1.54, 1.807) is 36.4 Å². The SMILES string of the molecule is NC(=O)Cc1ccc(NC(=O)c2ccc(COc3ccc4ccccc4c3)o2)cc1. The molecule has 6 nitrogen and oxygen atoms in total. The van der Waals surface area contributed by atoms with Crippen LogP contribution < -0.4 is 15.8 Å². The number of furan rings is 1. The molecule has 3 N–H and O–H groups in total. The summed E-state index contributed by atoms with van der Waals surface area (Å²) in [5.41, 5.74) is 6.56. The number of rotatable bonds is 7.